The molecule has 1 amide bonds. The third-order valence-electron chi connectivity index (χ3n) is 4.98. The van der Waals surface area contributed by atoms with Gasteiger partial charge >= 0.3 is 6.09 Å². The van der Waals surface area contributed by atoms with Crippen molar-refractivity contribution in [2.24, 2.45) is 0 Å². The van der Waals surface area contributed by atoms with Crippen molar-refractivity contribution in [3.63, 3.8) is 0 Å². The lowest BCUT2D eigenvalue weighted by atomic mass is 9.83. The molecule has 1 heterocycles. The average molecular weight is 310 g/mol. The number of nitrogens with zero attached hydrogens (tertiary/aromatic N) is 1. The lowest BCUT2D eigenvalue weighted by Crippen LogP contribution is -2.54. The molecule has 1 unspecified atom stereocenters. The van der Waals surface area contributed by atoms with E-state index in [1.807, 2.05) is 25.7 Å². The van der Waals surface area contributed by atoms with Gasteiger partial charge in [0.05, 0.1) is 0 Å². The molecule has 4 nitrogen and oxygen atoms in total. The molecule has 2 rings (SSSR count). The Hall–Kier alpha value is -0.770. The van der Waals surface area contributed by atoms with Crippen molar-refractivity contribution in [3.8, 4) is 0 Å². The van der Waals surface area contributed by atoms with Gasteiger partial charge < -0.3 is 15.0 Å². The number of piperidine rings is 1. The van der Waals surface area contributed by atoms with E-state index in [1.54, 1.807) is 0 Å². The Kier molecular flexibility index (Phi) is 5.76. The highest BCUT2D eigenvalue weighted by Crippen LogP contribution is 2.28. The van der Waals surface area contributed by atoms with E-state index in [4.69, 9.17) is 4.74 Å². The molecule has 0 spiro atoms. The van der Waals surface area contributed by atoms with Crippen LogP contribution in [0.5, 0.6) is 0 Å². The number of nitrogens with one attached hydrogen (secondary N) is 1. The van der Waals surface area contributed by atoms with Crippen LogP contribution in [0.3, 0.4) is 0 Å². The molecular formula is C18H34N2O2. The van der Waals surface area contributed by atoms with Gasteiger partial charge in [0.15, 0.2) is 0 Å². The number of carbonyl (C=O) groups is 1. The molecule has 1 aliphatic heterocycles. The quantitative estimate of drug-likeness (QED) is 0.853. The maximum atomic E-state index is 12.4. The highest BCUT2D eigenvalue weighted by molar-refractivity contribution is 5.68. The van der Waals surface area contributed by atoms with E-state index in [9.17, 15) is 4.79 Å². The van der Waals surface area contributed by atoms with E-state index in [-0.39, 0.29) is 17.7 Å². The van der Waals surface area contributed by atoms with Crippen LogP contribution in [0.15, 0.2) is 0 Å². The second kappa shape index (κ2) is 7.20. The minimum Gasteiger partial charge on any atom is -0.444 e. The maximum absolute atomic E-state index is 12.4. The van der Waals surface area contributed by atoms with Crippen LogP contribution < -0.4 is 5.32 Å². The molecule has 128 valence electrons. The van der Waals surface area contributed by atoms with Crippen LogP contribution in [-0.2, 0) is 4.74 Å². The summed E-state index contributed by atoms with van der Waals surface area (Å²) in [6.45, 7) is 9.88. The number of hydrogen-bond acceptors (Lipinski definition) is 3. The number of rotatable bonds is 3. The topological polar surface area (TPSA) is 41.6 Å². The molecule has 4 heteroatoms. The van der Waals surface area contributed by atoms with E-state index in [0.717, 1.165) is 25.9 Å². The van der Waals surface area contributed by atoms with Crippen LogP contribution in [0.1, 0.15) is 79.1 Å². The zero-order valence-electron chi connectivity index (χ0n) is 14.9. The molecule has 1 N–H and O–H groups in total. The minimum absolute atomic E-state index is 0.146. The Bertz CT molecular complexity index is 370. The fraction of sp³-hybridized carbons (Fsp3) is 0.944. The predicted molar refractivity (Wildman–Crippen MR) is 90.1 cm³/mol. The lowest BCUT2D eigenvalue weighted by Gasteiger charge is -2.40. The van der Waals surface area contributed by atoms with Crippen molar-refractivity contribution >= 4 is 6.09 Å². The van der Waals surface area contributed by atoms with Crippen molar-refractivity contribution in [1.82, 2.24) is 10.2 Å². The van der Waals surface area contributed by atoms with Crippen LogP contribution in [0, 0.1) is 0 Å². The normalized spacial score (nSPS) is 25.8. The zero-order chi connectivity index (χ0) is 16.2. The van der Waals surface area contributed by atoms with E-state index >= 15 is 0 Å². The summed E-state index contributed by atoms with van der Waals surface area (Å²) in [5.74, 6) is 0. The molecule has 1 saturated carbocycles. The Morgan fingerprint density at radius 1 is 1.18 bits per heavy atom. The van der Waals surface area contributed by atoms with E-state index < -0.39 is 5.60 Å². The summed E-state index contributed by atoms with van der Waals surface area (Å²) in [6, 6.07) is 0.280. The Balaban J connectivity index is 1.90. The highest BCUT2D eigenvalue weighted by Gasteiger charge is 2.33. The molecule has 2 fully saturated rings. The van der Waals surface area contributed by atoms with E-state index in [0.29, 0.717) is 0 Å². The summed E-state index contributed by atoms with van der Waals surface area (Å²) in [5.41, 5.74) is -0.156. The second-order valence-electron chi connectivity index (χ2n) is 8.33. The summed E-state index contributed by atoms with van der Waals surface area (Å²) < 4.78 is 5.58. The highest BCUT2D eigenvalue weighted by atomic mass is 16.6. The lowest BCUT2D eigenvalue weighted by molar-refractivity contribution is 0.00874. The summed E-state index contributed by atoms with van der Waals surface area (Å²) in [5, 5.41) is 3.77. The molecular weight excluding hydrogens is 276 g/mol. The maximum Gasteiger partial charge on any atom is 0.410 e. The van der Waals surface area contributed by atoms with Crippen LogP contribution in [0.25, 0.3) is 0 Å². The first-order valence-corrected chi connectivity index (χ1v) is 9.04. The van der Waals surface area contributed by atoms with Gasteiger partial charge in [-0.05, 0) is 59.8 Å². The number of ether oxygens (including phenoxy) is 1. The van der Waals surface area contributed by atoms with Crippen LogP contribution >= 0.6 is 0 Å². The van der Waals surface area contributed by atoms with Gasteiger partial charge in [0.1, 0.15) is 5.60 Å². The SMILES string of the molecule is CC1(NCC2CCCCN2C(=O)OC(C)(C)C)CCCCC1. The van der Waals surface area contributed by atoms with Gasteiger partial charge in [-0.25, -0.2) is 4.79 Å². The molecule has 1 atom stereocenters. The van der Waals surface area contributed by atoms with Gasteiger partial charge in [-0.2, -0.15) is 0 Å². The summed E-state index contributed by atoms with van der Waals surface area (Å²) in [4.78, 5) is 14.4. The summed E-state index contributed by atoms with van der Waals surface area (Å²) in [6.07, 6.45) is 9.77. The van der Waals surface area contributed by atoms with Crippen LogP contribution in [0.2, 0.25) is 0 Å². The largest absolute Gasteiger partial charge is 0.444 e. The third-order valence-corrected chi connectivity index (χ3v) is 4.98. The molecule has 1 saturated heterocycles. The summed E-state index contributed by atoms with van der Waals surface area (Å²) >= 11 is 0. The molecule has 1 aliphatic carbocycles. The number of likely N-dealkylation sites (tertiary alicyclic amines) is 1. The number of amides is 1. The van der Waals surface area contributed by atoms with Gasteiger partial charge in [0.25, 0.3) is 0 Å². The Labute approximate surface area is 136 Å². The average Bonchev–Trinajstić information content (AvgIpc) is 2.44. The Morgan fingerprint density at radius 3 is 2.50 bits per heavy atom. The minimum atomic E-state index is -0.415. The van der Waals surface area contributed by atoms with Crippen molar-refractivity contribution in [1.29, 1.82) is 0 Å². The second-order valence-corrected chi connectivity index (χ2v) is 8.33. The van der Waals surface area contributed by atoms with Crippen LogP contribution in [0.4, 0.5) is 4.79 Å². The standard InChI is InChI=1S/C18H34N2O2/c1-17(2,3)22-16(21)20-13-9-6-10-15(20)14-19-18(4)11-7-5-8-12-18/h15,19H,5-14H2,1-4H3. The first kappa shape index (κ1) is 17.6. The Morgan fingerprint density at radius 2 is 1.86 bits per heavy atom. The smallest absolute Gasteiger partial charge is 0.410 e. The van der Waals surface area contributed by atoms with Gasteiger partial charge in [0.2, 0.25) is 0 Å². The molecule has 0 aromatic heterocycles. The molecule has 0 aromatic carbocycles. The van der Waals surface area contributed by atoms with Crippen molar-refractivity contribution < 1.29 is 9.53 Å². The molecule has 0 bridgehead atoms. The predicted octanol–water partition coefficient (Wildman–Crippen LogP) is 4.09. The number of hydrogen-bond donors (Lipinski definition) is 1. The van der Waals surface area contributed by atoms with E-state index in [1.165, 1.54) is 38.5 Å². The molecule has 22 heavy (non-hydrogen) atoms. The first-order chi connectivity index (χ1) is 10.3. The fourth-order valence-electron chi connectivity index (χ4n) is 3.65. The monoisotopic (exact) mass is 310 g/mol. The molecule has 0 radical (unpaired) electrons. The van der Waals surface area contributed by atoms with E-state index in [2.05, 4.69) is 12.2 Å². The molecule has 0 aromatic rings. The fourth-order valence-corrected chi connectivity index (χ4v) is 3.65. The zero-order valence-corrected chi connectivity index (χ0v) is 14.9. The van der Waals surface area contributed by atoms with Gasteiger partial charge in [-0.15, -0.1) is 0 Å². The summed E-state index contributed by atoms with van der Waals surface area (Å²) in [7, 11) is 0. The van der Waals surface area contributed by atoms with Crippen molar-refractivity contribution in [2.75, 3.05) is 13.1 Å². The van der Waals surface area contributed by atoms with Gasteiger partial charge in [0, 0.05) is 24.7 Å². The van der Waals surface area contributed by atoms with Crippen molar-refractivity contribution in [3.05, 3.63) is 0 Å². The third kappa shape index (κ3) is 5.15. The van der Waals surface area contributed by atoms with Crippen LogP contribution in [-0.4, -0.2) is 41.3 Å². The van der Waals surface area contributed by atoms with Crippen molar-refractivity contribution in [2.45, 2.75) is 96.2 Å². The number of carbonyl (C=O) groups excluding carboxylic acids is 1. The molecule has 2 aliphatic rings. The van der Waals surface area contributed by atoms with Gasteiger partial charge in [-0.3, -0.25) is 0 Å². The first-order valence-electron chi connectivity index (χ1n) is 9.04. The van der Waals surface area contributed by atoms with Gasteiger partial charge in [-0.1, -0.05) is 19.3 Å².